The third-order valence-electron chi connectivity index (χ3n) is 11.2. The normalized spacial score (nSPS) is 11.9. The third-order valence-corrected chi connectivity index (χ3v) is 11.2. The molecule has 0 aliphatic rings. The fourth-order valence-electron chi connectivity index (χ4n) is 8.56. The molecule has 4 heterocycles. The van der Waals surface area contributed by atoms with Crippen LogP contribution in [0.3, 0.4) is 0 Å². The number of aromatic nitrogens is 3. The van der Waals surface area contributed by atoms with Gasteiger partial charge in [-0.25, -0.2) is 9.97 Å². The lowest BCUT2D eigenvalue weighted by Gasteiger charge is -2.11. The maximum Gasteiger partial charge on any atom is 0.164 e. The van der Waals surface area contributed by atoms with Crippen molar-refractivity contribution >= 4 is 65.7 Å². The van der Waals surface area contributed by atoms with E-state index in [1.165, 1.54) is 5.39 Å². The lowest BCUT2D eigenvalue weighted by atomic mass is 10.00. The van der Waals surface area contributed by atoms with E-state index in [9.17, 15) is 0 Å². The van der Waals surface area contributed by atoms with E-state index in [2.05, 4.69) is 168 Å². The number of benzene rings is 8. The van der Waals surface area contributed by atoms with E-state index < -0.39 is 0 Å². The maximum atomic E-state index is 7.09. The van der Waals surface area contributed by atoms with Crippen molar-refractivity contribution in [1.29, 1.82) is 0 Å². The molecule has 0 amide bonds. The summed E-state index contributed by atoms with van der Waals surface area (Å²) in [6.45, 7) is 0. The lowest BCUT2D eigenvalue weighted by molar-refractivity contribution is 0.669. The Balaban J connectivity index is 1.11. The number of rotatable bonds is 5. The smallest absolute Gasteiger partial charge is 0.164 e. The minimum atomic E-state index is 0.585. The van der Waals surface area contributed by atoms with Gasteiger partial charge in [-0.15, -0.1) is 0 Å². The van der Waals surface area contributed by atoms with Crippen LogP contribution in [-0.2, 0) is 0 Å². The molecule has 5 nitrogen and oxygen atoms in total. The molecule has 0 saturated heterocycles. The van der Waals surface area contributed by atoms with Gasteiger partial charge in [0.05, 0.1) is 28.0 Å². The number of hydrogen-bond donors (Lipinski definition) is 0. The Labute approximate surface area is 326 Å². The van der Waals surface area contributed by atoms with Crippen LogP contribution in [0, 0.1) is 0 Å². The van der Waals surface area contributed by atoms with Gasteiger partial charge >= 0.3 is 0 Å². The fraction of sp³-hybridized carbons (Fsp3) is 0. The van der Waals surface area contributed by atoms with Crippen LogP contribution in [0.2, 0.25) is 0 Å². The molecule has 0 saturated carbocycles. The molecule has 0 N–H and O–H groups in total. The average Bonchev–Trinajstić information content (AvgIpc) is 3.96. The molecule has 0 aliphatic heterocycles. The van der Waals surface area contributed by atoms with Crippen LogP contribution in [0.25, 0.3) is 116 Å². The molecule has 5 heteroatoms. The Hall–Kier alpha value is -7.76. The molecular formula is C52H31N3O2. The van der Waals surface area contributed by atoms with E-state index in [1.807, 2.05) is 24.3 Å². The Morgan fingerprint density at radius 2 is 0.982 bits per heavy atom. The summed E-state index contributed by atoms with van der Waals surface area (Å²) in [5.74, 6) is 0.585. The van der Waals surface area contributed by atoms with Gasteiger partial charge in [-0.1, -0.05) is 127 Å². The van der Waals surface area contributed by atoms with Gasteiger partial charge in [0.25, 0.3) is 0 Å². The SMILES string of the molecule is c1ccc(-c2cccc(-c3cc(-c4ccc5c(c4)oc4ccccc45)nc(-c4cccc5c4oc4c5ccc5c6ccccc6n(-c6ccccc6)c54)n3)c2)cc1. The average molecular weight is 730 g/mol. The van der Waals surface area contributed by atoms with Gasteiger partial charge in [-0.05, 0) is 71.8 Å². The van der Waals surface area contributed by atoms with Crippen molar-refractivity contribution in [3.8, 4) is 50.7 Å². The van der Waals surface area contributed by atoms with Crippen molar-refractivity contribution in [2.45, 2.75) is 0 Å². The molecule has 0 fully saturated rings. The first-order chi connectivity index (χ1) is 28.2. The molecule has 0 radical (unpaired) electrons. The highest BCUT2D eigenvalue weighted by Crippen LogP contribution is 2.43. The Morgan fingerprint density at radius 3 is 1.84 bits per heavy atom. The van der Waals surface area contributed by atoms with Crippen LogP contribution in [0.4, 0.5) is 0 Å². The van der Waals surface area contributed by atoms with Crippen molar-refractivity contribution in [3.05, 3.63) is 188 Å². The minimum absolute atomic E-state index is 0.585. The second-order valence-corrected chi connectivity index (χ2v) is 14.5. The Morgan fingerprint density at radius 1 is 0.368 bits per heavy atom. The van der Waals surface area contributed by atoms with Gasteiger partial charge in [-0.2, -0.15) is 0 Å². The highest BCUT2D eigenvalue weighted by molar-refractivity contribution is 6.22. The summed E-state index contributed by atoms with van der Waals surface area (Å²) in [4.78, 5) is 10.6. The first-order valence-corrected chi connectivity index (χ1v) is 19.1. The van der Waals surface area contributed by atoms with Crippen LogP contribution in [-0.4, -0.2) is 14.5 Å². The van der Waals surface area contributed by atoms with E-state index in [0.717, 1.165) is 105 Å². The van der Waals surface area contributed by atoms with E-state index >= 15 is 0 Å². The first-order valence-electron chi connectivity index (χ1n) is 19.1. The molecule has 12 aromatic rings. The Bertz CT molecular complexity index is 3520. The summed E-state index contributed by atoms with van der Waals surface area (Å²) in [6, 6.07) is 65.4. The summed E-state index contributed by atoms with van der Waals surface area (Å²) in [6.07, 6.45) is 0. The predicted octanol–water partition coefficient (Wildman–Crippen LogP) is 14.0. The number of furan rings is 2. The van der Waals surface area contributed by atoms with E-state index in [-0.39, 0.29) is 0 Å². The van der Waals surface area contributed by atoms with Crippen LogP contribution in [0.5, 0.6) is 0 Å². The van der Waals surface area contributed by atoms with Gasteiger partial charge in [0, 0.05) is 49.1 Å². The van der Waals surface area contributed by atoms with Gasteiger partial charge in [0.15, 0.2) is 11.4 Å². The maximum absolute atomic E-state index is 7.09. The molecule has 8 aromatic carbocycles. The van der Waals surface area contributed by atoms with Crippen molar-refractivity contribution in [2.24, 2.45) is 0 Å². The molecule has 0 atom stereocenters. The number of para-hydroxylation sites is 4. The van der Waals surface area contributed by atoms with Gasteiger partial charge in [0.1, 0.15) is 16.7 Å². The Kier molecular flexibility index (Phi) is 6.86. The molecule has 57 heavy (non-hydrogen) atoms. The zero-order valence-corrected chi connectivity index (χ0v) is 30.6. The lowest BCUT2D eigenvalue weighted by Crippen LogP contribution is -1.96. The third kappa shape index (κ3) is 4.96. The van der Waals surface area contributed by atoms with Crippen LogP contribution in [0.1, 0.15) is 0 Å². The summed E-state index contributed by atoms with van der Waals surface area (Å²) in [5.41, 5.74) is 13.2. The van der Waals surface area contributed by atoms with Crippen molar-refractivity contribution < 1.29 is 8.83 Å². The molecule has 12 rings (SSSR count). The number of fused-ring (bicyclic) bond motifs is 10. The monoisotopic (exact) mass is 729 g/mol. The number of hydrogen-bond acceptors (Lipinski definition) is 4. The van der Waals surface area contributed by atoms with E-state index in [0.29, 0.717) is 5.82 Å². The predicted molar refractivity (Wildman–Crippen MR) is 233 cm³/mol. The summed E-state index contributed by atoms with van der Waals surface area (Å²) < 4.78 is 15.7. The van der Waals surface area contributed by atoms with Gasteiger partial charge < -0.3 is 13.4 Å². The van der Waals surface area contributed by atoms with Crippen molar-refractivity contribution in [1.82, 2.24) is 14.5 Å². The van der Waals surface area contributed by atoms with Gasteiger partial charge in [0.2, 0.25) is 0 Å². The molecule has 266 valence electrons. The van der Waals surface area contributed by atoms with Crippen LogP contribution in [0.15, 0.2) is 197 Å². The topological polar surface area (TPSA) is 57.0 Å². The zero-order chi connectivity index (χ0) is 37.5. The van der Waals surface area contributed by atoms with E-state index in [1.54, 1.807) is 0 Å². The molecule has 0 bridgehead atoms. The first kappa shape index (κ1) is 31.6. The molecule has 0 spiro atoms. The largest absolute Gasteiger partial charge is 0.456 e. The molecule has 0 aliphatic carbocycles. The quantitative estimate of drug-likeness (QED) is 0.177. The molecule has 0 unspecified atom stereocenters. The van der Waals surface area contributed by atoms with E-state index in [4.69, 9.17) is 18.8 Å². The highest BCUT2D eigenvalue weighted by atomic mass is 16.3. The van der Waals surface area contributed by atoms with Crippen LogP contribution < -0.4 is 0 Å². The minimum Gasteiger partial charge on any atom is -0.456 e. The highest BCUT2D eigenvalue weighted by Gasteiger charge is 2.22. The van der Waals surface area contributed by atoms with Gasteiger partial charge in [-0.3, -0.25) is 0 Å². The zero-order valence-electron chi connectivity index (χ0n) is 30.6. The van der Waals surface area contributed by atoms with Crippen LogP contribution >= 0.6 is 0 Å². The summed E-state index contributed by atoms with van der Waals surface area (Å²) >= 11 is 0. The van der Waals surface area contributed by atoms with Crippen molar-refractivity contribution in [3.63, 3.8) is 0 Å². The van der Waals surface area contributed by atoms with Crippen molar-refractivity contribution in [2.75, 3.05) is 0 Å². The summed E-state index contributed by atoms with van der Waals surface area (Å²) in [5, 5.41) is 6.55. The second kappa shape index (κ2) is 12.4. The molecule has 4 aromatic heterocycles. The summed E-state index contributed by atoms with van der Waals surface area (Å²) in [7, 11) is 0. The second-order valence-electron chi connectivity index (χ2n) is 14.5. The fourth-order valence-corrected chi connectivity index (χ4v) is 8.56. The standard InChI is InChI=1S/C52H31N3O2/c1-3-13-32(14-4-1)33-15-11-16-34(29-33)44-31-45(35-25-26-39-38-20-8-10-24-47(38)56-48(39)30-35)54-52(53-44)43-22-12-21-41-42-28-27-40-37-19-7-9-23-46(37)55(36-17-5-2-6-18-36)49(40)51(42)57-50(41)43/h1-31H. The number of nitrogens with zero attached hydrogens (tertiary/aromatic N) is 3. The molecular weight excluding hydrogens is 699 g/mol.